The first-order valence-electron chi connectivity index (χ1n) is 12.0. The van der Waals surface area contributed by atoms with E-state index in [0.717, 1.165) is 0 Å². The molecule has 0 spiro atoms. The van der Waals surface area contributed by atoms with Gasteiger partial charge in [-0.2, -0.15) is 8.78 Å². The Balaban J connectivity index is 0.00000210. The zero-order chi connectivity index (χ0) is 26.1. The molecule has 2 fully saturated rings. The molecular weight excluding hydrogens is 460 g/mol. The highest BCUT2D eigenvalue weighted by Gasteiger charge is 2.29. The van der Waals surface area contributed by atoms with Gasteiger partial charge in [0.2, 0.25) is 11.7 Å². The molecule has 0 aliphatic heterocycles. The maximum absolute atomic E-state index is 14.9. The predicted molar refractivity (Wildman–Crippen MR) is 130 cm³/mol. The Labute approximate surface area is 205 Å². The molecule has 2 aliphatic rings. The second kappa shape index (κ2) is 13.5. The maximum atomic E-state index is 14.9. The monoisotopic (exact) mass is 496 g/mol. The molecule has 0 unspecified atom stereocenters. The molecule has 2 saturated carbocycles. The Morgan fingerprint density at radius 3 is 1.71 bits per heavy atom. The number of hydrogen-bond donors (Lipinski definition) is 1. The van der Waals surface area contributed by atoms with E-state index in [-0.39, 0.29) is 30.5 Å². The van der Waals surface area contributed by atoms with E-state index in [1.54, 1.807) is 12.1 Å². The molecule has 0 atom stereocenters. The minimum atomic E-state index is -1.25. The molecule has 1 N–H and O–H groups in total. The van der Waals surface area contributed by atoms with E-state index in [4.69, 9.17) is 4.74 Å². The van der Waals surface area contributed by atoms with Crippen LogP contribution in [-0.2, 0) is 9.47 Å². The van der Waals surface area contributed by atoms with Crippen molar-refractivity contribution in [1.29, 1.82) is 0 Å². The molecule has 7 heteroatoms. The lowest BCUT2D eigenvalue weighted by Crippen LogP contribution is -2.20. The van der Waals surface area contributed by atoms with Gasteiger partial charge in [-0.3, -0.25) is 0 Å². The Morgan fingerprint density at radius 1 is 0.829 bits per heavy atom. The van der Waals surface area contributed by atoms with Crippen LogP contribution in [-0.4, -0.2) is 24.9 Å². The lowest BCUT2D eigenvalue weighted by molar-refractivity contribution is 0.122. The Morgan fingerprint density at radius 2 is 1.26 bits per heavy atom. The van der Waals surface area contributed by atoms with Crippen LogP contribution < -0.4 is 0 Å². The summed E-state index contributed by atoms with van der Waals surface area (Å²) in [5.74, 6) is -4.98. The number of ether oxygens (including phenoxy) is 2. The molecule has 0 aromatic heterocycles. The summed E-state index contributed by atoms with van der Waals surface area (Å²) < 4.78 is 67.4. The van der Waals surface area contributed by atoms with Crippen molar-refractivity contribution in [2.75, 3.05) is 13.7 Å². The van der Waals surface area contributed by atoms with E-state index in [9.17, 15) is 22.7 Å². The van der Waals surface area contributed by atoms with Crippen molar-refractivity contribution in [2.24, 2.45) is 5.92 Å². The molecule has 1 aromatic rings. The van der Waals surface area contributed by atoms with Crippen molar-refractivity contribution in [3.63, 3.8) is 0 Å². The minimum absolute atomic E-state index is 0.0572. The van der Waals surface area contributed by atoms with Crippen LogP contribution in [0, 0.1) is 17.6 Å². The first-order chi connectivity index (χ1) is 16.7. The molecule has 0 saturated heterocycles. The van der Waals surface area contributed by atoms with E-state index in [0.29, 0.717) is 62.5 Å². The minimum Gasteiger partial charge on any atom is -0.494 e. The average molecular weight is 497 g/mol. The summed E-state index contributed by atoms with van der Waals surface area (Å²) in [6.45, 7) is 12.8. The molecular formula is C28H36F4O3. The number of rotatable bonds is 8. The Hall–Kier alpha value is -2.54. The maximum Gasteiger partial charge on any atom is 0.203 e. The van der Waals surface area contributed by atoms with Crippen LogP contribution in [0.4, 0.5) is 17.6 Å². The number of benzene rings is 1. The third-order valence-corrected chi connectivity index (χ3v) is 6.99. The van der Waals surface area contributed by atoms with Gasteiger partial charge in [-0.15, -0.1) is 13.2 Å². The Kier molecular flexibility index (Phi) is 11.1. The second-order valence-electron chi connectivity index (χ2n) is 9.08. The number of aliphatic hydroxyl groups is 1. The van der Waals surface area contributed by atoms with E-state index >= 15 is 0 Å². The van der Waals surface area contributed by atoms with E-state index in [2.05, 4.69) is 31.1 Å². The zero-order valence-corrected chi connectivity index (χ0v) is 20.4. The van der Waals surface area contributed by atoms with E-state index in [1.807, 2.05) is 0 Å². The first-order valence-corrected chi connectivity index (χ1v) is 12.0. The zero-order valence-electron chi connectivity index (χ0n) is 20.4. The summed E-state index contributed by atoms with van der Waals surface area (Å²) in [6.07, 6.45) is 4.89. The smallest absolute Gasteiger partial charge is 0.203 e. The van der Waals surface area contributed by atoms with Crippen molar-refractivity contribution in [2.45, 2.75) is 69.3 Å². The molecule has 35 heavy (non-hydrogen) atoms. The van der Waals surface area contributed by atoms with Gasteiger partial charge < -0.3 is 14.6 Å². The van der Waals surface area contributed by atoms with Crippen molar-refractivity contribution in [3.8, 4) is 0 Å². The van der Waals surface area contributed by atoms with Gasteiger partial charge in [-0.05, 0) is 80.2 Å². The second-order valence-corrected chi connectivity index (χ2v) is 9.08. The first kappa shape index (κ1) is 28.7. The van der Waals surface area contributed by atoms with E-state index < -0.39 is 34.8 Å². The van der Waals surface area contributed by atoms with Crippen LogP contribution >= 0.6 is 0 Å². The lowest BCUT2D eigenvalue weighted by Gasteiger charge is -2.30. The van der Waals surface area contributed by atoms with Crippen LogP contribution in [0.2, 0.25) is 0 Å². The third kappa shape index (κ3) is 7.23. The lowest BCUT2D eigenvalue weighted by atomic mass is 9.77. The fraction of sp³-hybridized carbons (Fsp3) is 0.500. The highest BCUT2D eigenvalue weighted by Crippen LogP contribution is 2.40. The summed E-state index contributed by atoms with van der Waals surface area (Å²) in [4.78, 5) is 0. The molecule has 0 heterocycles. The van der Waals surface area contributed by atoms with Crippen LogP contribution in [0.15, 0.2) is 61.6 Å². The third-order valence-electron chi connectivity index (χ3n) is 6.99. The van der Waals surface area contributed by atoms with Crippen LogP contribution in [0.25, 0.3) is 0 Å². The van der Waals surface area contributed by atoms with Crippen molar-refractivity contribution in [1.82, 2.24) is 0 Å². The van der Waals surface area contributed by atoms with Gasteiger partial charge in [-0.25, -0.2) is 8.78 Å². The summed E-state index contributed by atoms with van der Waals surface area (Å²) in [7, 11) is 1.18. The molecule has 2 aliphatic carbocycles. The van der Waals surface area contributed by atoms with Gasteiger partial charge >= 0.3 is 0 Å². The van der Waals surface area contributed by atoms with Gasteiger partial charge in [0.25, 0.3) is 0 Å². The van der Waals surface area contributed by atoms with Crippen molar-refractivity contribution in [3.05, 3.63) is 84.4 Å². The van der Waals surface area contributed by atoms with Crippen LogP contribution in [0.1, 0.15) is 74.3 Å². The quantitative estimate of drug-likeness (QED) is 0.172. The highest BCUT2D eigenvalue weighted by molar-refractivity contribution is 5.32. The summed E-state index contributed by atoms with van der Waals surface area (Å²) >= 11 is 0. The van der Waals surface area contributed by atoms with E-state index in [1.165, 1.54) is 7.11 Å². The van der Waals surface area contributed by atoms with Crippen LogP contribution in [0.5, 0.6) is 0 Å². The molecule has 1 aromatic carbocycles. The molecule has 0 bridgehead atoms. The van der Waals surface area contributed by atoms with Gasteiger partial charge in [0, 0.05) is 0 Å². The predicted octanol–water partition coefficient (Wildman–Crippen LogP) is 7.90. The topological polar surface area (TPSA) is 38.7 Å². The van der Waals surface area contributed by atoms with Crippen molar-refractivity contribution >= 4 is 0 Å². The van der Waals surface area contributed by atoms with Crippen LogP contribution in [0.3, 0.4) is 0 Å². The molecule has 0 amide bonds. The van der Waals surface area contributed by atoms with Gasteiger partial charge in [0.15, 0.2) is 23.2 Å². The standard InChI is InChI=1S/C26H32F4O3.C2H4/c1-15(32-3)23(27)24(28)16(2)33-14-17-4-6-18(7-5-17)21-12-13-22(26(30)25(21)29)19-8-10-20(31)11-9-19;1-2/h12-13,17-20,31H,1-2,4-11,14H2,3H3;1-2H2/b24-23-;. The summed E-state index contributed by atoms with van der Waals surface area (Å²) in [5, 5.41) is 9.66. The fourth-order valence-corrected chi connectivity index (χ4v) is 4.85. The normalized spacial score (nSPS) is 25.0. The van der Waals surface area contributed by atoms with Gasteiger partial charge in [-0.1, -0.05) is 25.3 Å². The number of allylic oxidation sites excluding steroid dienone is 2. The highest BCUT2D eigenvalue weighted by atomic mass is 19.2. The van der Waals surface area contributed by atoms with Gasteiger partial charge in [0.1, 0.15) is 0 Å². The number of hydrogen-bond acceptors (Lipinski definition) is 3. The average Bonchev–Trinajstić information content (AvgIpc) is 2.89. The SMILES string of the molecule is C=C.C=C(OC)/C(F)=C(/F)C(=C)OCC1CCC(c2ccc(C3CCC(O)CC3)c(F)c2F)CC1. The summed E-state index contributed by atoms with van der Waals surface area (Å²) in [6, 6.07) is 3.40. The van der Waals surface area contributed by atoms with Gasteiger partial charge in [0.05, 0.1) is 19.8 Å². The fourth-order valence-electron chi connectivity index (χ4n) is 4.85. The number of halogens is 4. The number of aliphatic hydroxyl groups excluding tert-OH is 1. The molecule has 3 nitrogen and oxygen atoms in total. The van der Waals surface area contributed by atoms with Crippen molar-refractivity contribution < 1.29 is 32.1 Å². The summed E-state index contributed by atoms with van der Waals surface area (Å²) in [5.41, 5.74) is 0.798. The molecule has 0 radical (unpaired) electrons. The largest absolute Gasteiger partial charge is 0.494 e. The molecule has 194 valence electrons. The number of methoxy groups -OCH3 is 1. The molecule has 3 rings (SSSR count). The Bertz CT molecular complexity index is 911.